The Morgan fingerprint density at radius 1 is 0.574 bits per heavy atom. The molecule has 0 heterocycles. The number of esters is 2. The van der Waals surface area contributed by atoms with Crippen LogP contribution >= 0.6 is 7.82 Å². The summed E-state index contributed by atoms with van der Waals surface area (Å²) in [6.07, 6.45) is 24.3. The van der Waals surface area contributed by atoms with Gasteiger partial charge >= 0.3 is 25.9 Å². The second-order valence-electron chi connectivity index (χ2n) is 16.9. The third kappa shape index (κ3) is 29.5. The Morgan fingerprint density at radius 2 is 1.03 bits per heavy atom. The van der Waals surface area contributed by atoms with Gasteiger partial charge in [0.15, 0.2) is 6.10 Å². The molecule has 1 N–H and O–H groups in total. The highest BCUT2D eigenvalue weighted by Crippen LogP contribution is 2.50. The molecule has 1 unspecified atom stereocenters. The van der Waals surface area contributed by atoms with E-state index in [1.807, 2.05) is 30.3 Å². The zero-order chi connectivity index (χ0) is 44.3. The van der Waals surface area contributed by atoms with Crippen LogP contribution in [0, 0.1) is 0 Å². The molecule has 346 valence electrons. The Labute approximate surface area is 368 Å². The quantitative estimate of drug-likeness (QED) is 0.0300. The molecule has 2 aromatic rings. The molecule has 12 heteroatoms. The van der Waals surface area contributed by atoms with E-state index >= 15 is 0 Å². The summed E-state index contributed by atoms with van der Waals surface area (Å²) in [5, 5.41) is 2.73. The Kier molecular flexibility index (Phi) is 30.1. The highest BCUT2D eigenvalue weighted by Gasteiger charge is 2.35. The van der Waals surface area contributed by atoms with E-state index in [0.717, 1.165) is 44.1 Å². The summed E-state index contributed by atoms with van der Waals surface area (Å²) < 4.78 is 48.3. The Balaban J connectivity index is 1.95. The molecular formula is C49H80NO10P. The first-order chi connectivity index (χ1) is 29.5. The number of alkyl carbamates (subject to hydrolysis) is 1. The van der Waals surface area contributed by atoms with Crippen LogP contribution in [0.1, 0.15) is 187 Å². The summed E-state index contributed by atoms with van der Waals surface area (Å²) in [5.41, 5.74) is -0.230. The van der Waals surface area contributed by atoms with Gasteiger partial charge in [-0.1, -0.05) is 191 Å². The summed E-state index contributed by atoms with van der Waals surface area (Å²) in [6.45, 7) is 6.92. The SMILES string of the molecule is CCCCCCCCCCCCCC(=O)OC[C@H](COP(=O)(OCC(C)(C)NC(=O)OCc1ccccc1)Oc1ccccc1)OC(=O)CCCCCCCCCCCCC. The number of rotatable bonds is 38. The second kappa shape index (κ2) is 34.1. The fourth-order valence-corrected chi connectivity index (χ4v) is 8.06. The van der Waals surface area contributed by atoms with Crippen LogP contribution in [0.15, 0.2) is 60.7 Å². The zero-order valence-corrected chi connectivity index (χ0v) is 39.1. The van der Waals surface area contributed by atoms with E-state index in [1.165, 1.54) is 89.9 Å². The van der Waals surface area contributed by atoms with Gasteiger partial charge in [-0.25, -0.2) is 9.36 Å². The van der Waals surface area contributed by atoms with Gasteiger partial charge in [0.25, 0.3) is 0 Å². The van der Waals surface area contributed by atoms with Crippen molar-refractivity contribution in [3.8, 4) is 5.75 Å². The van der Waals surface area contributed by atoms with E-state index in [1.54, 1.807) is 44.2 Å². The van der Waals surface area contributed by atoms with Crippen molar-refractivity contribution in [3.63, 3.8) is 0 Å². The van der Waals surface area contributed by atoms with Crippen LogP contribution in [0.2, 0.25) is 0 Å². The predicted molar refractivity (Wildman–Crippen MR) is 243 cm³/mol. The number of carbonyl (C=O) groups excluding carboxylic acids is 3. The first kappa shape index (κ1) is 53.7. The van der Waals surface area contributed by atoms with Gasteiger partial charge in [-0.15, -0.1) is 0 Å². The van der Waals surface area contributed by atoms with Crippen LogP contribution in [0.25, 0.3) is 0 Å². The van der Waals surface area contributed by atoms with Gasteiger partial charge in [-0.2, -0.15) is 0 Å². The lowest BCUT2D eigenvalue weighted by Crippen LogP contribution is -2.47. The Morgan fingerprint density at radius 3 is 1.54 bits per heavy atom. The Hall–Kier alpha value is -3.40. The molecule has 2 aromatic carbocycles. The second-order valence-corrected chi connectivity index (χ2v) is 18.5. The highest BCUT2D eigenvalue weighted by atomic mass is 31.2. The maximum absolute atomic E-state index is 14.2. The first-order valence-electron chi connectivity index (χ1n) is 23.5. The maximum Gasteiger partial charge on any atom is 0.530 e. The lowest BCUT2D eigenvalue weighted by molar-refractivity contribution is -0.161. The molecule has 0 spiro atoms. The van der Waals surface area contributed by atoms with Crippen molar-refractivity contribution in [3.05, 3.63) is 66.2 Å². The predicted octanol–water partition coefficient (Wildman–Crippen LogP) is 13.8. The van der Waals surface area contributed by atoms with Crippen molar-refractivity contribution in [2.75, 3.05) is 19.8 Å². The van der Waals surface area contributed by atoms with E-state index in [-0.39, 0.29) is 38.4 Å². The molecular weight excluding hydrogens is 794 g/mol. The summed E-state index contributed by atoms with van der Waals surface area (Å²) in [4.78, 5) is 38.5. The Bertz CT molecular complexity index is 1460. The molecule has 0 saturated heterocycles. The van der Waals surface area contributed by atoms with Gasteiger partial charge in [0.2, 0.25) is 0 Å². The summed E-state index contributed by atoms with van der Waals surface area (Å²) in [5.74, 6) is -0.624. The fraction of sp³-hybridized carbons (Fsp3) is 0.694. The average Bonchev–Trinajstić information content (AvgIpc) is 3.25. The molecule has 11 nitrogen and oxygen atoms in total. The number of amides is 1. The van der Waals surface area contributed by atoms with Crippen LogP contribution in [0.5, 0.6) is 5.75 Å². The summed E-state index contributed by atoms with van der Waals surface area (Å²) in [7, 11) is -4.40. The zero-order valence-electron chi connectivity index (χ0n) is 38.2. The number of phosphoric ester groups is 1. The van der Waals surface area contributed by atoms with Gasteiger partial charge in [0.05, 0.1) is 12.1 Å². The van der Waals surface area contributed by atoms with Gasteiger partial charge in [-0.05, 0) is 44.4 Å². The number of para-hydroxylation sites is 1. The molecule has 0 aromatic heterocycles. The number of ether oxygens (including phenoxy) is 3. The minimum Gasteiger partial charge on any atom is -0.462 e. The number of hydrogen-bond donors (Lipinski definition) is 1. The van der Waals surface area contributed by atoms with Crippen LogP contribution in [0.3, 0.4) is 0 Å². The average molecular weight is 874 g/mol. The van der Waals surface area contributed by atoms with Crippen molar-refractivity contribution in [2.24, 2.45) is 0 Å². The maximum atomic E-state index is 14.2. The molecule has 2 rings (SSSR count). The van der Waals surface area contributed by atoms with Gasteiger partial charge in [0.1, 0.15) is 25.6 Å². The standard InChI is InChI=1S/C49H80NO10P/c1-5-7-9-11-13-15-17-19-21-23-31-37-46(51)55-40-45(59-47(52)38-32-24-22-20-18-16-14-12-10-8-6-2)41-57-61(54,60-44-35-29-26-30-36-44)58-42-49(3,4)50-48(53)56-39-43-33-27-25-28-34-43/h25-30,33-36,45H,5-24,31-32,37-42H2,1-4H3,(H,50,53)/t45-,61?/m1/s1. The smallest absolute Gasteiger partial charge is 0.462 e. The van der Waals surface area contributed by atoms with Crippen molar-refractivity contribution in [1.29, 1.82) is 0 Å². The largest absolute Gasteiger partial charge is 0.530 e. The molecule has 2 atom stereocenters. The fourth-order valence-electron chi connectivity index (χ4n) is 6.67. The molecule has 0 fully saturated rings. The molecule has 0 aliphatic carbocycles. The monoisotopic (exact) mass is 874 g/mol. The molecule has 1 amide bonds. The number of nitrogens with one attached hydrogen (secondary N) is 1. The van der Waals surface area contributed by atoms with Gasteiger partial charge < -0.3 is 24.1 Å². The van der Waals surface area contributed by atoms with Crippen LogP contribution in [-0.2, 0) is 44.0 Å². The number of unbranched alkanes of at least 4 members (excludes halogenated alkanes) is 20. The van der Waals surface area contributed by atoms with Crippen molar-refractivity contribution < 1.29 is 46.7 Å². The topological polar surface area (TPSA) is 136 Å². The molecule has 0 aliphatic rings. The van der Waals surface area contributed by atoms with Gasteiger partial charge in [0, 0.05) is 12.8 Å². The number of hydrogen-bond acceptors (Lipinski definition) is 10. The lowest BCUT2D eigenvalue weighted by atomic mass is 10.1. The lowest BCUT2D eigenvalue weighted by Gasteiger charge is -2.28. The number of benzene rings is 2. The molecule has 0 bridgehead atoms. The van der Waals surface area contributed by atoms with E-state index in [9.17, 15) is 18.9 Å². The van der Waals surface area contributed by atoms with E-state index in [0.29, 0.717) is 12.8 Å². The normalized spacial score (nSPS) is 12.9. The highest BCUT2D eigenvalue weighted by molar-refractivity contribution is 7.48. The van der Waals surface area contributed by atoms with E-state index in [2.05, 4.69) is 19.2 Å². The molecule has 0 radical (unpaired) electrons. The summed E-state index contributed by atoms with van der Waals surface area (Å²) >= 11 is 0. The third-order valence-electron chi connectivity index (χ3n) is 10.3. The number of carbonyl (C=O) groups is 3. The minimum atomic E-state index is -4.40. The minimum absolute atomic E-state index is 0.0750. The number of phosphoric acid groups is 1. The van der Waals surface area contributed by atoms with Crippen molar-refractivity contribution in [1.82, 2.24) is 5.32 Å². The van der Waals surface area contributed by atoms with Crippen LogP contribution in [0.4, 0.5) is 4.79 Å². The van der Waals surface area contributed by atoms with Crippen LogP contribution < -0.4 is 9.84 Å². The molecule has 0 saturated carbocycles. The molecule has 61 heavy (non-hydrogen) atoms. The van der Waals surface area contributed by atoms with Gasteiger partial charge in [-0.3, -0.25) is 18.6 Å². The molecule has 0 aliphatic heterocycles. The van der Waals surface area contributed by atoms with Crippen LogP contribution in [-0.4, -0.2) is 49.5 Å². The van der Waals surface area contributed by atoms with Crippen molar-refractivity contribution in [2.45, 2.75) is 200 Å². The van der Waals surface area contributed by atoms with E-state index < -0.39 is 44.1 Å². The third-order valence-corrected chi connectivity index (χ3v) is 11.7. The van der Waals surface area contributed by atoms with Crippen molar-refractivity contribution >= 4 is 25.9 Å². The van der Waals surface area contributed by atoms with E-state index in [4.69, 9.17) is 27.8 Å². The summed E-state index contributed by atoms with van der Waals surface area (Å²) in [6, 6.07) is 17.7. The first-order valence-corrected chi connectivity index (χ1v) is 25.0.